The third-order valence-electron chi connectivity index (χ3n) is 4.80. The Labute approximate surface area is 154 Å². The molecule has 126 valence electrons. The summed E-state index contributed by atoms with van der Waals surface area (Å²) in [5.41, 5.74) is 4.43. The second-order valence-corrected chi connectivity index (χ2v) is 7.45. The van der Waals surface area contributed by atoms with Gasteiger partial charge in [0.2, 0.25) is 0 Å². The number of anilines is 1. The molecule has 2 nitrogen and oxygen atoms in total. The summed E-state index contributed by atoms with van der Waals surface area (Å²) in [5.74, 6) is -0.323. The van der Waals surface area contributed by atoms with Gasteiger partial charge in [0.05, 0.1) is 16.6 Å². The molecule has 1 atom stereocenters. The van der Waals surface area contributed by atoms with E-state index in [-0.39, 0.29) is 11.6 Å². The predicted octanol–water partition coefficient (Wildman–Crippen LogP) is 5.69. The van der Waals surface area contributed by atoms with Crippen LogP contribution in [0.15, 0.2) is 83.3 Å². The zero-order valence-corrected chi connectivity index (χ0v) is 14.5. The molecule has 0 bridgehead atoms. The third-order valence-corrected chi connectivity index (χ3v) is 6.13. The van der Waals surface area contributed by atoms with Crippen molar-refractivity contribution in [3.05, 3.63) is 101 Å². The summed E-state index contributed by atoms with van der Waals surface area (Å²) >= 11 is 1.51. The average Bonchev–Trinajstić information content (AvgIpc) is 2.84. The first-order chi connectivity index (χ1) is 12.7. The topological polar surface area (TPSA) is 29.1 Å². The SMILES string of the molecule is O=C1C2=C(Nc3ccccc3S[C@H]2c2ccccc2F)c2ccccc21. The number of carbonyl (C=O) groups excluding carboxylic acids is 1. The van der Waals surface area contributed by atoms with Crippen molar-refractivity contribution in [1.82, 2.24) is 0 Å². The lowest BCUT2D eigenvalue weighted by Crippen LogP contribution is -2.09. The maximum atomic E-state index is 14.6. The Balaban J connectivity index is 1.78. The minimum absolute atomic E-state index is 0.0309. The van der Waals surface area contributed by atoms with E-state index in [2.05, 4.69) is 5.32 Å². The summed E-state index contributed by atoms with van der Waals surface area (Å²) < 4.78 is 14.6. The second-order valence-electron chi connectivity index (χ2n) is 6.30. The van der Waals surface area contributed by atoms with Gasteiger partial charge in [-0.25, -0.2) is 4.39 Å². The number of rotatable bonds is 1. The number of carbonyl (C=O) groups is 1. The van der Waals surface area contributed by atoms with Crippen molar-refractivity contribution in [2.24, 2.45) is 0 Å². The van der Waals surface area contributed by atoms with E-state index in [4.69, 9.17) is 0 Å². The predicted molar refractivity (Wildman–Crippen MR) is 103 cm³/mol. The van der Waals surface area contributed by atoms with Gasteiger partial charge in [0.25, 0.3) is 0 Å². The smallest absolute Gasteiger partial charge is 0.193 e. The van der Waals surface area contributed by atoms with E-state index < -0.39 is 5.25 Å². The molecule has 26 heavy (non-hydrogen) atoms. The monoisotopic (exact) mass is 359 g/mol. The van der Waals surface area contributed by atoms with Gasteiger partial charge < -0.3 is 5.32 Å². The van der Waals surface area contributed by atoms with Crippen LogP contribution < -0.4 is 5.32 Å². The Kier molecular flexibility index (Phi) is 3.47. The molecule has 2 aliphatic rings. The Morgan fingerprint density at radius 3 is 2.38 bits per heavy atom. The first-order valence-corrected chi connectivity index (χ1v) is 9.27. The minimum Gasteiger partial charge on any atom is -0.354 e. The molecule has 0 saturated heterocycles. The number of hydrogen-bond donors (Lipinski definition) is 1. The van der Waals surface area contributed by atoms with Crippen molar-refractivity contribution in [1.29, 1.82) is 0 Å². The molecule has 4 heteroatoms. The maximum absolute atomic E-state index is 14.6. The van der Waals surface area contributed by atoms with Gasteiger partial charge in [0.15, 0.2) is 5.78 Å². The minimum atomic E-state index is -0.401. The largest absolute Gasteiger partial charge is 0.354 e. The van der Waals surface area contributed by atoms with E-state index in [0.717, 1.165) is 21.8 Å². The summed E-state index contributed by atoms with van der Waals surface area (Å²) in [5, 5.41) is 3.04. The van der Waals surface area contributed by atoms with E-state index in [9.17, 15) is 9.18 Å². The summed E-state index contributed by atoms with van der Waals surface area (Å²) in [6, 6.07) is 22.2. The van der Waals surface area contributed by atoms with Crippen molar-refractivity contribution < 1.29 is 9.18 Å². The average molecular weight is 359 g/mol. The standard InChI is InChI=1S/C22H14FNOS/c23-16-10-4-3-9-15(16)22-19-20(13-7-1-2-8-14(13)21(19)25)24-17-11-5-6-12-18(17)26-22/h1-12,22,24H/t22-/m0/s1. The number of thioether (sulfide) groups is 1. The van der Waals surface area contributed by atoms with Crippen LogP contribution in [0.5, 0.6) is 0 Å². The fourth-order valence-electron chi connectivity index (χ4n) is 3.59. The van der Waals surface area contributed by atoms with Crippen LogP contribution in [0.2, 0.25) is 0 Å². The first-order valence-electron chi connectivity index (χ1n) is 8.39. The lowest BCUT2D eigenvalue weighted by atomic mass is 10.0. The number of hydrogen-bond acceptors (Lipinski definition) is 3. The molecule has 0 unspecified atom stereocenters. The van der Waals surface area contributed by atoms with Crippen molar-refractivity contribution >= 4 is 28.9 Å². The fourth-order valence-corrected chi connectivity index (χ4v) is 4.91. The molecule has 0 radical (unpaired) electrons. The van der Waals surface area contributed by atoms with Crippen molar-refractivity contribution in [2.45, 2.75) is 10.1 Å². The van der Waals surface area contributed by atoms with Crippen LogP contribution in [0.4, 0.5) is 10.1 Å². The molecule has 0 saturated carbocycles. The third kappa shape index (κ3) is 2.22. The summed E-state index contributed by atoms with van der Waals surface area (Å²) in [4.78, 5) is 14.2. The molecule has 1 heterocycles. The van der Waals surface area contributed by atoms with Crippen molar-refractivity contribution in [2.75, 3.05) is 5.32 Å². The number of Topliss-reactive ketones (excluding diaryl/α,β-unsaturated/α-hetero) is 1. The van der Waals surface area contributed by atoms with Crippen LogP contribution in [-0.2, 0) is 0 Å². The highest BCUT2D eigenvalue weighted by Crippen LogP contribution is 2.52. The summed E-state index contributed by atoms with van der Waals surface area (Å²) in [6.07, 6.45) is 0. The maximum Gasteiger partial charge on any atom is 0.193 e. The molecule has 0 fully saturated rings. The second kappa shape index (κ2) is 5.85. The van der Waals surface area contributed by atoms with Crippen molar-refractivity contribution in [3.63, 3.8) is 0 Å². The molecular formula is C22H14FNOS. The van der Waals surface area contributed by atoms with Gasteiger partial charge in [-0.1, -0.05) is 54.6 Å². The Bertz CT molecular complexity index is 1090. The lowest BCUT2D eigenvalue weighted by Gasteiger charge is -2.17. The van der Waals surface area contributed by atoms with Crippen molar-refractivity contribution in [3.8, 4) is 0 Å². The molecule has 1 N–H and O–H groups in total. The van der Waals surface area contributed by atoms with Crippen LogP contribution in [0.25, 0.3) is 5.70 Å². The van der Waals surface area contributed by atoms with E-state index in [1.807, 2.05) is 54.6 Å². The van der Waals surface area contributed by atoms with Crippen LogP contribution in [0.1, 0.15) is 26.7 Å². The lowest BCUT2D eigenvalue weighted by molar-refractivity contribution is 0.103. The first kappa shape index (κ1) is 15.4. The molecular weight excluding hydrogens is 345 g/mol. The normalized spacial score (nSPS) is 17.9. The van der Waals surface area contributed by atoms with E-state index in [1.54, 1.807) is 12.1 Å². The summed E-state index contributed by atoms with van der Waals surface area (Å²) in [7, 11) is 0. The Morgan fingerprint density at radius 2 is 1.54 bits per heavy atom. The van der Waals surface area contributed by atoms with Gasteiger partial charge >= 0.3 is 0 Å². The molecule has 3 aromatic rings. The molecule has 0 spiro atoms. The number of benzene rings is 3. The molecule has 0 amide bonds. The highest BCUT2D eigenvalue weighted by Gasteiger charge is 2.38. The Morgan fingerprint density at radius 1 is 0.846 bits per heavy atom. The van der Waals surface area contributed by atoms with Gasteiger partial charge in [-0.3, -0.25) is 4.79 Å². The van der Waals surface area contributed by atoms with E-state index in [1.165, 1.54) is 17.8 Å². The number of ketones is 1. The van der Waals surface area contributed by atoms with Gasteiger partial charge in [0, 0.05) is 27.2 Å². The molecule has 1 aliphatic carbocycles. The van der Waals surface area contributed by atoms with E-state index >= 15 is 0 Å². The number of para-hydroxylation sites is 1. The highest BCUT2D eigenvalue weighted by atomic mass is 32.2. The number of fused-ring (bicyclic) bond motifs is 3. The van der Waals surface area contributed by atoms with Gasteiger partial charge in [-0.2, -0.15) is 0 Å². The quantitative estimate of drug-likeness (QED) is 0.605. The van der Waals surface area contributed by atoms with E-state index in [0.29, 0.717) is 16.7 Å². The van der Waals surface area contributed by atoms with Crippen LogP contribution in [-0.4, -0.2) is 5.78 Å². The zero-order valence-electron chi connectivity index (χ0n) is 13.7. The van der Waals surface area contributed by atoms with Gasteiger partial charge in [0.1, 0.15) is 5.82 Å². The molecule has 1 aliphatic heterocycles. The number of halogens is 1. The molecule has 0 aromatic heterocycles. The fraction of sp³-hybridized carbons (Fsp3) is 0.0455. The highest BCUT2D eigenvalue weighted by molar-refractivity contribution is 8.00. The zero-order chi connectivity index (χ0) is 17.7. The van der Waals surface area contributed by atoms with Gasteiger partial charge in [-0.15, -0.1) is 11.8 Å². The van der Waals surface area contributed by atoms with Crippen LogP contribution in [0, 0.1) is 5.82 Å². The van der Waals surface area contributed by atoms with Crippen LogP contribution in [0.3, 0.4) is 0 Å². The molecule has 3 aromatic carbocycles. The summed E-state index contributed by atoms with van der Waals surface area (Å²) in [6.45, 7) is 0. The number of nitrogens with one attached hydrogen (secondary N) is 1. The molecule has 5 rings (SSSR count). The van der Waals surface area contributed by atoms with Gasteiger partial charge in [-0.05, 0) is 18.2 Å². The Hall–Kier alpha value is -2.85. The van der Waals surface area contributed by atoms with Crippen LogP contribution >= 0.6 is 11.8 Å².